The molecular formula is C84H64Si. The highest BCUT2D eigenvalue weighted by Gasteiger charge is 2.55. The van der Waals surface area contributed by atoms with E-state index in [2.05, 4.69) is 298 Å². The predicted octanol–water partition coefficient (Wildman–Crippen LogP) is 18.9. The van der Waals surface area contributed by atoms with E-state index in [1.807, 2.05) is 0 Å². The minimum absolute atomic E-state index is 0.113. The van der Waals surface area contributed by atoms with E-state index in [9.17, 15) is 0 Å². The molecule has 0 nitrogen and oxygen atoms in total. The third kappa shape index (κ3) is 6.31. The van der Waals surface area contributed by atoms with E-state index in [1.54, 1.807) is 0 Å². The molecule has 2 heterocycles. The van der Waals surface area contributed by atoms with Crippen LogP contribution in [0.2, 0.25) is 0 Å². The maximum Gasteiger partial charge on any atom is 0.182 e. The number of hydrogen-bond acceptors (Lipinski definition) is 0. The molecule has 0 atom stereocenters. The van der Waals surface area contributed by atoms with Crippen molar-refractivity contribution >= 4 is 28.8 Å². The number of fused-ring (bicyclic) bond motifs is 22. The molecule has 85 heavy (non-hydrogen) atoms. The fraction of sp³-hybridized carbons (Fsp3) is 0.143. The van der Waals surface area contributed by atoms with Gasteiger partial charge in [-0.15, -0.1) is 0 Å². The van der Waals surface area contributed by atoms with Crippen LogP contribution in [-0.4, -0.2) is 8.07 Å². The monoisotopic (exact) mass is 1100 g/mol. The van der Waals surface area contributed by atoms with Gasteiger partial charge < -0.3 is 0 Å². The van der Waals surface area contributed by atoms with Gasteiger partial charge in [-0.2, -0.15) is 0 Å². The average molecular weight is 1100 g/mol. The summed E-state index contributed by atoms with van der Waals surface area (Å²) in [5.41, 5.74) is 37.3. The summed E-state index contributed by atoms with van der Waals surface area (Å²) < 4.78 is 0. The molecular weight excluding hydrogens is 1040 g/mol. The Kier molecular flexibility index (Phi) is 9.63. The summed E-state index contributed by atoms with van der Waals surface area (Å²) in [6, 6.07) is 95.8. The second-order valence-electron chi connectivity index (χ2n) is 27.5. The standard InChI is InChI=1S/C84H64Si/c1-81(2)69-21-13-9-17-57(69)61-33-25-49(41-73(61)81)53-29-37-65-66-38-30-54(50-26-34-62-58-18-10-14-22-70(58)82(3,4)74(62)42-50)46-78(66)85(77(65)45-53)79-47-55(51-27-35-63-59-19-11-15-23-71(59)83(5,6)75(63)43-51)31-39-67(79)68-40-32-56(48-80(68)85)52-28-36-64-60-20-12-16-24-72(60)84(7,8)76(64)44-52/h9-48H,1-8H3. The molecule has 0 unspecified atom stereocenters. The van der Waals surface area contributed by atoms with E-state index in [4.69, 9.17) is 0 Å². The van der Waals surface area contributed by atoms with Crippen molar-refractivity contribution in [2.75, 3.05) is 0 Å². The van der Waals surface area contributed by atoms with Gasteiger partial charge in [-0.1, -0.05) is 274 Å². The smallest absolute Gasteiger partial charge is 0.0619 e. The van der Waals surface area contributed by atoms with E-state index in [1.165, 1.54) is 177 Å². The van der Waals surface area contributed by atoms with E-state index in [0.29, 0.717) is 0 Å². The van der Waals surface area contributed by atoms with Crippen molar-refractivity contribution in [3.63, 3.8) is 0 Å². The van der Waals surface area contributed by atoms with Crippen LogP contribution in [0.15, 0.2) is 243 Å². The van der Waals surface area contributed by atoms with Crippen molar-refractivity contribution < 1.29 is 0 Å². The molecule has 12 aromatic rings. The normalized spacial score (nSPS) is 16.5. The van der Waals surface area contributed by atoms with Crippen molar-refractivity contribution in [2.45, 2.75) is 77.0 Å². The summed E-state index contributed by atoms with van der Waals surface area (Å²) in [6.07, 6.45) is 0. The Balaban J connectivity index is 0.891. The van der Waals surface area contributed by atoms with Gasteiger partial charge in [0.15, 0.2) is 8.07 Å². The number of rotatable bonds is 4. The molecule has 12 aromatic carbocycles. The lowest BCUT2D eigenvalue weighted by Gasteiger charge is -2.29. The molecule has 0 radical (unpaired) electrons. The van der Waals surface area contributed by atoms with Crippen LogP contribution in [0.25, 0.3) is 111 Å². The van der Waals surface area contributed by atoms with Gasteiger partial charge in [-0.05, 0) is 201 Å². The summed E-state index contributed by atoms with van der Waals surface area (Å²) in [6.45, 7) is 19.3. The first-order chi connectivity index (χ1) is 41.1. The van der Waals surface area contributed by atoms with E-state index in [0.717, 1.165) is 0 Å². The Labute approximate surface area is 501 Å². The zero-order chi connectivity index (χ0) is 57.3. The fourth-order valence-corrected chi connectivity index (χ4v) is 23.2. The summed E-state index contributed by atoms with van der Waals surface area (Å²) in [4.78, 5) is 0. The lowest BCUT2D eigenvalue weighted by molar-refractivity contribution is 0.660. The zero-order valence-corrected chi connectivity index (χ0v) is 50.6. The van der Waals surface area contributed by atoms with Crippen molar-refractivity contribution in [3.8, 4) is 111 Å². The molecule has 404 valence electrons. The maximum absolute atomic E-state index is 3.21. The third-order valence-electron chi connectivity index (χ3n) is 21.9. The second kappa shape index (κ2) is 16.6. The predicted molar refractivity (Wildman–Crippen MR) is 360 cm³/mol. The molecule has 1 spiro atoms. The molecule has 0 aromatic heterocycles. The molecule has 0 amide bonds. The Morgan fingerprint density at radius 2 is 0.353 bits per heavy atom. The molecule has 1 heteroatoms. The van der Waals surface area contributed by atoms with Crippen LogP contribution in [0.3, 0.4) is 0 Å². The van der Waals surface area contributed by atoms with Crippen LogP contribution in [0, 0.1) is 0 Å². The fourth-order valence-electron chi connectivity index (χ4n) is 17.5. The lowest BCUT2D eigenvalue weighted by atomic mass is 9.81. The molecule has 2 aliphatic heterocycles. The first-order valence-electron chi connectivity index (χ1n) is 30.7. The highest BCUT2D eigenvalue weighted by atomic mass is 28.3. The van der Waals surface area contributed by atoms with E-state index in [-0.39, 0.29) is 21.7 Å². The zero-order valence-electron chi connectivity index (χ0n) is 49.6. The maximum atomic E-state index is 2.66. The van der Waals surface area contributed by atoms with Gasteiger partial charge >= 0.3 is 0 Å². The number of benzene rings is 12. The topological polar surface area (TPSA) is 0 Å². The molecule has 0 saturated carbocycles. The summed E-state index contributed by atoms with van der Waals surface area (Å²) >= 11 is 0. The van der Waals surface area contributed by atoms with Crippen LogP contribution in [0.4, 0.5) is 0 Å². The summed E-state index contributed by atoms with van der Waals surface area (Å²) in [7, 11) is -3.21. The largest absolute Gasteiger partial charge is 0.182 e. The second-order valence-corrected chi connectivity index (χ2v) is 31.2. The van der Waals surface area contributed by atoms with E-state index >= 15 is 0 Å². The van der Waals surface area contributed by atoms with Crippen LogP contribution in [0.1, 0.15) is 99.9 Å². The SMILES string of the molecule is CC1(C)c2ccccc2-c2ccc(-c3ccc4c(c3)[Si]3(c5cc(-c6ccc7c(c6)C(C)(C)c6ccccc6-7)ccc5-4)c4cc(-c5ccc6c(c5)C(C)(C)c5ccccc5-6)ccc4-c4ccc(-c5ccc6c(c5)C(C)(C)c5ccccc5-6)cc43)cc21. The lowest BCUT2D eigenvalue weighted by Crippen LogP contribution is -2.70. The van der Waals surface area contributed by atoms with Gasteiger partial charge in [0.05, 0.1) is 0 Å². The Morgan fingerprint density at radius 1 is 0.176 bits per heavy atom. The Bertz CT molecular complexity index is 4380. The minimum Gasteiger partial charge on any atom is -0.0619 e. The van der Waals surface area contributed by atoms with Gasteiger partial charge in [0.1, 0.15) is 0 Å². The van der Waals surface area contributed by atoms with Crippen molar-refractivity contribution in [1.82, 2.24) is 0 Å². The molecule has 4 aliphatic carbocycles. The van der Waals surface area contributed by atoms with Gasteiger partial charge in [0, 0.05) is 21.7 Å². The molecule has 0 fully saturated rings. The molecule has 0 bridgehead atoms. The van der Waals surface area contributed by atoms with Gasteiger partial charge in [-0.25, -0.2) is 0 Å². The first kappa shape index (κ1) is 49.3. The van der Waals surface area contributed by atoms with Crippen molar-refractivity contribution in [2.24, 2.45) is 0 Å². The van der Waals surface area contributed by atoms with Crippen molar-refractivity contribution in [1.29, 1.82) is 0 Å². The first-order valence-corrected chi connectivity index (χ1v) is 32.7. The van der Waals surface area contributed by atoms with Crippen LogP contribution >= 0.6 is 0 Å². The van der Waals surface area contributed by atoms with Crippen LogP contribution in [0.5, 0.6) is 0 Å². The number of hydrogen-bond donors (Lipinski definition) is 0. The minimum atomic E-state index is -3.21. The molecule has 0 saturated heterocycles. The quantitative estimate of drug-likeness (QED) is 0.154. The van der Waals surface area contributed by atoms with Gasteiger partial charge in [0.25, 0.3) is 0 Å². The van der Waals surface area contributed by atoms with Crippen LogP contribution < -0.4 is 20.7 Å². The third-order valence-corrected chi connectivity index (χ3v) is 26.8. The molecule has 6 aliphatic rings. The Hall–Kier alpha value is -9.14. The van der Waals surface area contributed by atoms with Crippen molar-refractivity contribution in [3.05, 3.63) is 287 Å². The molecule has 18 rings (SSSR count). The summed E-state index contributed by atoms with van der Waals surface area (Å²) in [5, 5.41) is 5.93. The Morgan fingerprint density at radius 3 is 0.576 bits per heavy atom. The summed E-state index contributed by atoms with van der Waals surface area (Å²) in [5.74, 6) is 0. The van der Waals surface area contributed by atoms with E-state index < -0.39 is 8.07 Å². The van der Waals surface area contributed by atoms with Gasteiger partial charge in [0.2, 0.25) is 0 Å². The van der Waals surface area contributed by atoms with Gasteiger partial charge in [-0.3, -0.25) is 0 Å². The van der Waals surface area contributed by atoms with Crippen LogP contribution in [-0.2, 0) is 21.7 Å². The highest BCUT2D eigenvalue weighted by molar-refractivity contribution is 7.24. The molecule has 0 N–H and O–H groups in total. The average Bonchev–Trinajstić information content (AvgIpc) is 1.52. The highest BCUT2D eigenvalue weighted by Crippen LogP contribution is 2.54.